The number of ether oxygens (including phenoxy) is 5. The Morgan fingerprint density at radius 3 is 1.30 bits per heavy atom. The van der Waals surface area contributed by atoms with Gasteiger partial charge in [0.1, 0.15) is 24.4 Å². The molecule has 6 heteroatoms. The lowest BCUT2D eigenvalue weighted by molar-refractivity contribution is -0.298. The number of halogens is 1. The van der Waals surface area contributed by atoms with Gasteiger partial charge in [-0.1, -0.05) is 121 Å². The highest BCUT2D eigenvalue weighted by atomic mass is 19.1. The van der Waals surface area contributed by atoms with Gasteiger partial charge in [0, 0.05) is 0 Å². The van der Waals surface area contributed by atoms with Crippen molar-refractivity contribution in [3.63, 3.8) is 0 Å². The van der Waals surface area contributed by atoms with Gasteiger partial charge in [0.15, 0.2) is 0 Å². The molecule has 1 heterocycles. The molecule has 4 aromatic carbocycles. The molecule has 0 N–H and O–H groups in total. The summed E-state index contributed by atoms with van der Waals surface area (Å²) in [4.78, 5) is 0. The Labute approximate surface area is 235 Å². The van der Waals surface area contributed by atoms with E-state index in [0.29, 0.717) is 13.2 Å². The maximum absolute atomic E-state index is 15.7. The van der Waals surface area contributed by atoms with Crippen molar-refractivity contribution >= 4 is 0 Å². The Hall–Kier alpha value is -3.39. The van der Waals surface area contributed by atoms with Gasteiger partial charge in [0.05, 0.1) is 33.0 Å². The van der Waals surface area contributed by atoms with Crippen LogP contribution in [-0.4, -0.2) is 37.4 Å². The molecule has 0 spiro atoms. The van der Waals surface area contributed by atoms with Crippen LogP contribution in [0.2, 0.25) is 0 Å². The van der Waals surface area contributed by atoms with Crippen molar-refractivity contribution in [2.75, 3.05) is 6.61 Å². The topological polar surface area (TPSA) is 46.2 Å². The molecule has 4 aromatic rings. The lowest BCUT2D eigenvalue weighted by Crippen LogP contribution is -2.60. The van der Waals surface area contributed by atoms with Gasteiger partial charge < -0.3 is 23.7 Å². The van der Waals surface area contributed by atoms with Gasteiger partial charge >= 0.3 is 0 Å². The normalized spacial score (nSPS) is 22.7. The molecule has 208 valence electrons. The van der Waals surface area contributed by atoms with E-state index in [1.54, 1.807) is 0 Å². The molecule has 0 radical (unpaired) electrons. The van der Waals surface area contributed by atoms with Crippen LogP contribution in [0.15, 0.2) is 121 Å². The second-order valence-corrected chi connectivity index (χ2v) is 9.81. The summed E-state index contributed by atoms with van der Waals surface area (Å²) in [6.45, 7) is 1.35. The third-order valence-corrected chi connectivity index (χ3v) is 6.83. The lowest BCUT2D eigenvalue weighted by atomic mass is 9.98. The van der Waals surface area contributed by atoms with Gasteiger partial charge in [-0.05, 0) is 22.3 Å². The van der Waals surface area contributed by atoms with E-state index < -0.39 is 30.8 Å². The van der Waals surface area contributed by atoms with Crippen LogP contribution in [0.3, 0.4) is 0 Å². The fourth-order valence-corrected chi connectivity index (χ4v) is 4.73. The van der Waals surface area contributed by atoms with E-state index in [0.717, 1.165) is 22.3 Å². The van der Waals surface area contributed by atoms with Gasteiger partial charge in [-0.25, -0.2) is 4.39 Å². The van der Waals surface area contributed by atoms with Gasteiger partial charge in [-0.3, -0.25) is 0 Å². The van der Waals surface area contributed by atoms with Crippen LogP contribution in [-0.2, 0) is 50.1 Å². The Bertz CT molecular complexity index is 1240. The van der Waals surface area contributed by atoms with Crippen molar-refractivity contribution in [1.82, 2.24) is 0 Å². The quantitative estimate of drug-likeness (QED) is 0.189. The second kappa shape index (κ2) is 14.8. The fourth-order valence-electron chi connectivity index (χ4n) is 4.73. The summed E-state index contributed by atoms with van der Waals surface area (Å²) in [6, 6.07) is 39.2. The number of hydrogen-bond acceptors (Lipinski definition) is 5. The summed E-state index contributed by atoms with van der Waals surface area (Å²) in [7, 11) is 0. The zero-order valence-corrected chi connectivity index (χ0v) is 22.4. The van der Waals surface area contributed by atoms with Crippen LogP contribution in [0.4, 0.5) is 4.39 Å². The average molecular weight is 543 g/mol. The highest BCUT2D eigenvalue weighted by molar-refractivity contribution is 5.16. The summed E-state index contributed by atoms with van der Waals surface area (Å²) in [5.41, 5.74) is 3.94. The monoisotopic (exact) mass is 542 g/mol. The summed E-state index contributed by atoms with van der Waals surface area (Å²) in [5.74, 6) is 0. The highest BCUT2D eigenvalue weighted by Crippen LogP contribution is 2.31. The van der Waals surface area contributed by atoms with Crippen molar-refractivity contribution in [1.29, 1.82) is 0 Å². The molecule has 5 rings (SSSR count). The minimum Gasteiger partial charge on any atom is -0.374 e. The van der Waals surface area contributed by atoms with E-state index >= 15 is 4.39 Å². The molecule has 0 amide bonds. The molecule has 0 aromatic heterocycles. The first-order valence-electron chi connectivity index (χ1n) is 13.6. The average Bonchev–Trinajstić information content (AvgIpc) is 3.01. The molecule has 0 bridgehead atoms. The molecule has 0 saturated carbocycles. The van der Waals surface area contributed by atoms with Crippen molar-refractivity contribution in [2.45, 2.75) is 57.2 Å². The van der Waals surface area contributed by atoms with Crippen molar-refractivity contribution in [3.8, 4) is 0 Å². The van der Waals surface area contributed by atoms with Gasteiger partial charge in [0.2, 0.25) is 6.36 Å². The molecular formula is C34H35FO5. The van der Waals surface area contributed by atoms with E-state index in [2.05, 4.69) is 0 Å². The predicted molar refractivity (Wildman–Crippen MR) is 151 cm³/mol. The van der Waals surface area contributed by atoms with Crippen LogP contribution in [0.1, 0.15) is 22.3 Å². The molecular weight excluding hydrogens is 507 g/mol. The predicted octanol–water partition coefficient (Wildman–Crippen LogP) is 6.65. The van der Waals surface area contributed by atoms with E-state index in [-0.39, 0.29) is 19.8 Å². The van der Waals surface area contributed by atoms with Crippen molar-refractivity contribution in [3.05, 3.63) is 144 Å². The zero-order chi connectivity index (χ0) is 27.4. The van der Waals surface area contributed by atoms with Crippen LogP contribution >= 0.6 is 0 Å². The molecule has 5 atom stereocenters. The lowest BCUT2D eigenvalue weighted by Gasteiger charge is -2.43. The number of rotatable bonds is 13. The molecule has 40 heavy (non-hydrogen) atoms. The number of alkyl halides is 1. The third-order valence-electron chi connectivity index (χ3n) is 6.83. The molecule has 1 saturated heterocycles. The first-order chi connectivity index (χ1) is 19.8. The Balaban J connectivity index is 1.36. The molecule has 1 aliphatic rings. The maximum Gasteiger partial charge on any atom is 0.228 e. The SMILES string of the molecule is F[C@H]1O[C@H](COCc2ccccc2)[C@@H](OCc2ccccc2)[C@H](OCc2ccccc2)[C@@H]1OCc1ccccc1. The van der Waals surface area contributed by atoms with Crippen molar-refractivity contribution in [2.24, 2.45) is 0 Å². The van der Waals surface area contributed by atoms with Gasteiger partial charge in [0.25, 0.3) is 0 Å². The van der Waals surface area contributed by atoms with Crippen LogP contribution in [0.25, 0.3) is 0 Å². The summed E-state index contributed by atoms with van der Waals surface area (Å²) in [6.07, 6.45) is -4.77. The maximum atomic E-state index is 15.7. The minimum absolute atomic E-state index is 0.144. The largest absolute Gasteiger partial charge is 0.374 e. The van der Waals surface area contributed by atoms with Gasteiger partial charge in [-0.2, -0.15) is 0 Å². The highest BCUT2D eigenvalue weighted by Gasteiger charge is 2.48. The summed E-state index contributed by atoms with van der Waals surface area (Å²) < 4.78 is 46.6. The third kappa shape index (κ3) is 8.07. The van der Waals surface area contributed by atoms with Crippen LogP contribution < -0.4 is 0 Å². The fraction of sp³-hybridized carbons (Fsp3) is 0.294. The Morgan fingerprint density at radius 2 is 0.850 bits per heavy atom. The van der Waals surface area contributed by atoms with E-state index in [4.69, 9.17) is 23.7 Å². The smallest absolute Gasteiger partial charge is 0.228 e. The van der Waals surface area contributed by atoms with Gasteiger partial charge in [-0.15, -0.1) is 0 Å². The molecule has 1 fully saturated rings. The van der Waals surface area contributed by atoms with E-state index in [1.165, 1.54) is 0 Å². The number of benzene rings is 4. The Kier molecular flexibility index (Phi) is 10.4. The number of hydrogen-bond donors (Lipinski definition) is 0. The molecule has 1 aliphatic heterocycles. The van der Waals surface area contributed by atoms with E-state index in [1.807, 2.05) is 121 Å². The second-order valence-electron chi connectivity index (χ2n) is 9.81. The molecule has 5 nitrogen and oxygen atoms in total. The summed E-state index contributed by atoms with van der Waals surface area (Å²) in [5, 5.41) is 0. The molecule has 0 aliphatic carbocycles. The standard InChI is InChI=1S/C34H35FO5/c35-34-33(39-24-29-19-11-4-12-20-29)32(38-23-28-17-9-3-10-18-28)31(37-22-27-15-7-2-8-16-27)30(40-34)25-36-21-26-13-5-1-6-14-26/h1-20,30-34H,21-25H2/t30-,31-,32+,33+,34+/m1/s1. The first-order valence-corrected chi connectivity index (χ1v) is 13.6. The minimum atomic E-state index is -1.72. The Morgan fingerprint density at radius 1 is 0.475 bits per heavy atom. The molecule has 0 unspecified atom stereocenters. The van der Waals surface area contributed by atoms with Crippen LogP contribution in [0.5, 0.6) is 0 Å². The summed E-state index contributed by atoms with van der Waals surface area (Å²) >= 11 is 0. The van der Waals surface area contributed by atoms with E-state index in [9.17, 15) is 0 Å². The zero-order valence-electron chi connectivity index (χ0n) is 22.4. The van der Waals surface area contributed by atoms with Crippen LogP contribution in [0, 0.1) is 0 Å². The first kappa shape index (κ1) is 28.1. The van der Waals surface area contributed by atoms with Crippen molar-refractivity contribution < 1.29 is 28.1 Å².